The van der Waals surface area contributed by atoms with Crippen LogP contribution in [0, 0.1) is 5.92 Å². The van der Waals surface area contributed by atoms with E-state index in [1.165, 1.54) is 0 Å². The predicted octanol–water partition coefficient (Wildman–Crippen LogP) is 1.36. The van der Waals surface area contributed by atoms with Gasteiger partial charge in [0.15, 0.2) is 0 Å². The van der Waals surface area contributed by atoms with E-state index in [-0.39, 0.29) is 12.8 Å². The van der Waals surface area contributed by atoms with Gasteiger partial charge < -0.3 is 5.11 Å². The molecule has 1 saturated carbocycles. The Bertz CT molecular complexity index is 118. The van der Waals surface area contributed by atoms with Gasteiger partial charge >= 0.3 is 0 Å². The van der Waals surface area contributed by atoms with Crippen LogP contribution in [0.5, 0.6) is 0 Å². The van der Waals surface area contributed by atoms with Gasteiger partial charge in [0.25, 0.3) is 0 Å². The summed E-state index contributed by atoms with van der Waals surface area (Å²) >= 11 is 0. The van der Waals surface area contributed by atoms with Gasteiger partial charge in [0.05, 0.1) is 6.10 Å². The van der Waals surface area contributed by atoms with E-state index in [9.17, 15) is 13.2 Å². The van der Waals surface area contributed by atoms with Gasteiger partial charge in [0.1, 0.15) is 6.67 Å². The number of hydrogen-bond donors (Lipinski definition) is 1. The maximum Gasteiger partial charge on any atom is 0.248 e. The fourth-order valence-corrected chi connectivity index (χ4v) is 1.11. The topological polar surface area (TPSA) is 20.2 Å². The standard InChI is InChI=1S/C6H9F3O/c7-3-5(10)4-1-6(8,9)2-4/h4-5,10H,1-3H2. The van der Waals surface area contributed by atoms with E-state index in [0.29, 0.717) is 0 Å². The van der Waals surface area contributed by atoms with Crippen LogP contribution in [-0.4, -0.2) is 23.8 Å². The Morgan fingerprint density at radius 1 is 1.50 bits per heavy atom. The van der Waals surface area contributed by atoms with Crippen molar-refractivity contribution < 1.29 is 18.3 Å². The van der Waals surface area contributed by atoms with Crippen molar-refractivity contribution >= 4 is 0 Å². The molecule has 1 unspecified atom stereocenters. The maximum atomic E-state index is 12.1. The highest BCUT2D eigenvalue weighted by Gasteiger charge is 2.48. The van der Waals surface area contributed by atoms with E-state index in [4.69, 9.17) is 5.11 Å². The van der Waals surface area contributed by atoms with Crippen LogP contribution in [0.2, 0.25) is 0 Å². The van der Waals surface area contributed by atoms with Crippen molar-refractivity contribution in [1.29, 1.82) is 0 Å². The van der Waals surface area contributed by atoms with E-state index in [2.05, 4.69) is 0 Å². The first-order valence-corrected chi connectivity index (χ1v) is 3.17. The van der Waals surface area contributed by atoms with Crippen molar-refractivity contribution in [2.75, 3.05) is 6.67 Å². The average Bonchev–Trinajstić information content (AvgIpc) is 1.81. The van der Waals surface area contributed by atoms with Gasteiger partial charge in [-0.1, -0.05) is 0 Å². The second-order valence-electron chi connectivity index (χ2n) is 2.75. The smallest absolute Gasteiger partial charge is 0.248 e. The Balaban J connectivity index is 2.26. The molecule has 0 spiro atoms. The zero-order valence-electron chi connectivity index (χ0n) is 5.36. The van der Waals surface area contributed by atoms with Crippen LogP contribution >= 0.6 is 0 Å². The van der Waals surface area contributed by atoms with Gasteiger partial charge in [0, 0.05) is 12.8 Å². The molecule has 0 bridgehead atoms. The van der Waals surface area contributed by atoms with E-state index < -0.39 is 24.6 Å². The maximum absolute atomic E-state index is 12.1. The lowest BCUT2D eigenvalue weighted by Crippen LogP contribution is -2.42. The number of rotatable bonds is 2. The Kier molecular flexibility index (Phi) is 1.90. The molecule has 0 amide bonds. The third-order valence-electron chi connectivity index (χ3n) is 1.82. The minimum absolute atomic E-state index is 0.363. The molecule has 0 radical (unpaired) electrons. The van der Waals surface area contributed by atoms with Crippen molar-refractivity contribution in [2.45, 2.75) is 24.9 Å². The first-order valence-electron chi connectivity index (χ1n) is 3.17. The first-order chi connectivity index (χ1) is 4.55. The Hall–Kier alpha value is -0.250. The summed E-state index contributed by atoms with van der Waals surface area (Å²) in [7, 11) is 0. The van der Waals surface area contributed by atoms with Gasteiger partial charge in [0.2, 0.25) is 5.92 Å². The second-order valence-corrected chi connectivity index (χ2v) is 2.75. The summed E-state index contributed by atoms with van der Waals surface area (Å²) in [5.74, 6) is -3.18. The lowest BCUT2D eigenvalue weighted by atomic mass is 9.78. The Labute approximate surface area is 56.8 Å². The minimum atomic E-state index is -2.65. The highest BCUT2D eigenvalue weighted by molar-refractivity contribution is 4.89. The van der Waals surface area contributed by atoms with Crippen molar-refractivity contribution in [1.82, 2.24) is 0 Å². The fraction of sp³-hybridized carbons (Fsp3) is 1.00. The summed E-state index contributed by atoms with van der Waals surface area (Å²) in [5, 5.41) is 8.70. The number of aliphatic hydroxyl groups is 1. The van der Waals surface area contributed by atoms with Gasteiger partial charge in [-0.15, -0.1) is 0 Å². The van der Waals surface area contributed by atoms with E-state index in [1.807, 2.05) is 0 Å². The normalized spacial score (nSPS) is 27.6. The van der Waals surface area contributed by atoms with Gasteiger partial charge in [-0.3, -0.25) is 0 Å². The van der Waals surface area contributed by atoms with Crippen molar-refractivity contribution in [3.05, 3.63) is 0 Å². The first kappa shape index (κ1) is 7.85. The average molecular weight is 154 g/mol. The third-order valence-corrected chi connectivity index (χ3v) is 1.82. The second kappa shape index (κ2) is 2.42. The van der Waals surface area contributed by atoms with E-state index in [1.54, 1.807) is 0 Å². The third kappa shape index (κ3) is 1.42. The number of hydrogen-bond acceptors (Lipinski definition) is 1. The van der Waals surface area contributed by atoms with Gasteiger partial charge in [-0.25, -0.2) is 13.2 Å². The molecule has 1 aliphatic carbocycles. The van der Waals surface area contributed by atoms with Crippen molar-refractivity contribution in [2.24, 2.45) is 5.92 Å². The highest BCUT2D eigenvalue weighted by Crippen LogP contribution is 2.43. The molecule has 1 N–H and O–H groups in total. The summed E-state index contributed by atoms with van der Waals surface area (Å²) in [4.78, 5) is 0. The molecule has 1 aliphatic rings. The van der Waals surface area contributed by atoms with E-state index in [0.717, 1.165) is 0 Å². The molecule has 0 aromatic rings. The molecule has 0 saturated heterocycles. The summed E-state index contributed by atoms with van der Waals surface area (Å²) < 4.78 is 35.7. The van der Waals surface area contributed by atoms with Crippen LogP contribution in [0.1, 0.15) is 12.8 Å². The molecule has 0 aromatic heterocycles. The molecular formula is C6H9F3O. The molecule has 1 rings (SSSR count). The quantitative estimate of drug-likeness (QED) is 0.636. The highest BCUT2D eigenvalue weighted by atomic mass is 19.3. The van der Waals surface area contributed by atoms with Gasteiger partial charge in [-0.2, -0.15) is 0 Å². The summed E-state index contributed by atoms with van der Waals surface area (Å²) in [6.45, 7) is -0.916. The molecule has 0 heterocycles. The summed E-state index contributed by atoms with van der Waals surface area (Å²) in [6.07, 6.45) is -1.91. The Morgan fingerprint density at radius 3 is 2.30 bits per heavy atom. The van der Waals surface area contributed by atoms with Crippen LogP contribution in [0.3, 0.4) is 0 Å². The minimum Gasteiger partial charge on any atom is -0.390 e. The number of halogens is 3. The van der Waals surface area contributed by atoms with Crippen LogP contribution in [0.15, 0.2) is 0 Å². The molecule has 1 atom stereocenters. The Morgan fingerprint density at radius 2 is 2.00 bits per heavy atom. The van der Waals surface area contributed by atoms with Crippen molar-refractivity contribution in [3.63, 3.8) is 0 Å². The van der Waals surface area contributed by atoms with Crippen molar-refractivity contribution in [3.8, 4) is 0 Å². The number of aliphatic hydroxyl groups excluding tert-OH is 1. The zero-order valence-corrected chi connectivity index (χ0v) is 5.36. The molecule has 60 valence electrons. The van der Waals surface area contributed by atoms with E-state index >= 15 is 0 Å². The van der Waals surface area contributed by atoms with Crippen LogP contribution < -0.4 is 0 Å². The van der Waals surface area contributed by atoms with Crippen LogP contribution in [-0.2, 0) is 0 Å². The van der Waals surface area contributed by atoms with Crippen LogP contribution in [0.4, 0.5) is 13.2 Å². The lowest BCUT2D eigenvalue weighted by Gasteiger charge is -2.36. The van der Waals surface area contributed by atoms with Crippen LogP contribution in [0.25, 0.3) is 0 Å². The SMILES string of the molecule is OC(CF)C1CC(F)(F)C1. The summed E-state index contributed by atoms with van der Waals surface area (Å²) in [6, 6.07) is 0. The largest absolute Gasteiger partial charge is 0.390 e. The number of alkyl halides is 3. The molecule has 0 aliphatic heterocycles. The fourth-order valence-electron chi connectivity index (χ4n) is 1.11. The molecule has 10 heavy (non-hydrogen) atoms. The summed E-state index contributed by atoms with van der Waals surface area (Å²) in [5.41, 5.74) is 0. The zero-order chi connectivity index (χ0) is 7.78. The molecular weight excluding hydrogens is 145 g/mol. The lowest BCUT2D eigenvalue weighted by molar-refractivity contribution is -0.143. The van der Waals surface area contributed by atoms with Gasteiger partial charge in [-0.05, 0) is 5.92 Å². The monoisotopic (exact) mass is 154 g/mol. The molecule has 1 nitrogen and oxygen atoms in total. The molecule has 1 fully saturated rings. The predicted molar refractivity (Wildman–Crippen MR) is 29.7 cm³/mol. The molecule has 4 heteroatoms. The molecule has 0 aromatic carbocycles.